The van der Waals surface area contributed by atoms with Crippen LogP contribution in [0, 0.1) is 5.92 Å². The fourth-order valence-electron chi connectivity index (χ4n) is 9.03. The smallest absolute Gasteiger partial charge is 0.264 e. The number of rotatable bonds is 10. The molecule has 5 aromatic rings. The van der Waals surface area contributed by atoms with Crippen molar-refractivity contribution in [1.29, 1.82) is 0 Å². The molecule has 0 saturated carbocycles. The van der Waals surface area contributed by atoms with Crippen LogP contribution in [-0.2, 0) is 39.4 Å². The predicted molar refractivity (Wildman–Crippen MR) is 212 cm³/mol. The van der Waals surface area contributed by atoms with Crippen LogP contribution in [0.4, 0.5) is 21.2 Å². The van der Waals surface area contributed by atoms with Crippen LogP contribution in [0.5, 0.6) is 0 Å². The van der Waals surface area contributed by atoms with E-state index in [0.717, 1.165) is 43.8 Å². The number of hydrogen-bond donors (Lipinski definition) is 1. The van der Waals surface area contributed by atoms with Crippen LogP contribution in [0.2, 0.25) is 18.6 Å². The van der Waals surface area contributed by atoms with Crippen LogP contribution in [-0.4, -0.2) is 53.0 Å². The maximum atomic E-state index is 16.5. The Balaban J connectivity index is 1.08. The van der Waals surface area contributed by atoms with Crippen LogP contribution < -0.4 is 9.80 Å². The minimum Gasteiger partial charge on any atom is -0.395 e. The summed E-state index contributed by atoms with van der Waals surface area (Å²) in [6.45, 7) is 5.91. The zero-order valence-electron chi connectivity index (χ0n) is 30.5. The first-order chi connectivity index (χ1) is 26.0. The lowest BCUT2D eigenvalue weighted by Crippen LogP contribution is -2.45. The van der Waals surface area contributed by atoms with Crippen LogP contribution in [0.15, 0.2) is 108 Å². The lowest BCUT2D eigenvalue weighted by atomic mass is 9.82. The number of aromatic nitrogens is 3. The Hall–Kier alpha value is -4.49. The van der Waals surface area contributed by atoms with Crippen molar-refractivity contribution in [3.05, 3.63) is 136 Å². The number of aliphatic hydroxyl groups excluding tert-OH is 1. The van der Waals surface area contributed by atoms with Gasteiger partial charge in [0.15, 0.2) is 5.60 Å². The Kier molecular flexibility index (Phi) is 9.66. The van der Waals surface area contributed by atoms with Gasteiger partial charge >= 0.3 is 0 Å². The number of aryl methyl sites for hydroxylation is 2. The summed E-state index contributed by atoms with van der Waals surface area (Å²) in [5, 5.41) is 18.9. The molecule has 0 bridgehead atoms. The maximum Gasteiger partial charge on any atom is 0.264 e. The molecular formula is C42H43BrFN5O4Si. The number of para-hydroxylation sites is 1. The van der Waals surface area contributed by atoms with Gasteiger partial charge in [0.2, 0.25) is 14.3 Å². The van der Waals surface area contributed by atoms with Crippen LogP contribution >= 0.6 is 15.9 Å². The second-order valence-electron chi connectivity index (χ2n) is 15.2. The summed E-state index contributed by atoms with van der Waals surface area (Å²) < 4.78 is 26.0. The highest BCUT2D eigenvalue weighted by atomic mass is 79.9. The highest BCUT2D eigenvalue weighted by Crippen LogP contribution is 2.60. The molecule has 4 aromatic carbocycles. The van der Waals surface area contributed by atoms with E-state index in [9.17, 15) is 9.90 Å². The Bertz CT molecular complexity index is 2210. The molecule has 3 aliphatic heterocycles. The second-order valence-corrected chi connectivity index (χ2v) is 19.9. The zero-order chi connectivity index (χ0) is 37.8. The van der Waals surface area contributed by atoms with E-state index < -0.39 is 31.6 Å². The standard InChI is InChI=1S/C42H43BrFN5O4Si/c1-27-40(54(2,3)44)38(20-21-47-25-35(45-46-47)33(26-50)29-11-5-4-6-12-29)53-42(27)34-23-31(43)17-18-37(34)48(41(42)52)24-28-10-9-14-32(22-28)49-36-15-8-7-13-30(36)16-19-39(49)51/h4-15,17-18,22-23,25,27,33,38,40,50H,16,19-21,24,26H2,1-3H3/t27-,33?,38+,40-,42+/m1/s1. The van der Waals surface area contributed by atoms with Crippen molar-refractivity contribution in [2.45, 2.75) is 75.5 Å². The summed E-state index contributed by atoms with van der Waals surface area (Å²) in [6, 6.07) is 31.2. The van der Waals surface area contributed by atoms with E-state index in [1.54, 1.807) is 27.6 Å². The summed E-state index contributed by atoms with van der Waals surface area (Å²) in [5.41, 5.74) is 4.82. The van der Waals surface area contributed by atoms with Crippen LogP contribution in [0.3, 0.4) is 0 Å². The molecule has 5 atom stereocenters. The second kappa shape index (κ2) is 14.3. The maximum absolute atomic E-state index is 16.5. The third-order valence-electron chi connectivity index (χ3n) is 11.5. The van der Waals surface area contributed by atoms with Crippen molar-refractivity contribution in [3.8, 4) is 0 Å². The summed E-state index contributed by atoms with van der Waals surface area (Å²) in [6.07, 6.45) is 2.84. The van der Waals surface area contributed by atoms with Crippen molar-refractivity contribution in [3.63, 3.8) is 0 Å². The molecule has 1 N–H and O–H groups in total. The highest BCUT2D eigenvalue weighted by Gasteiger charge is 2.66. The Morgan fingerprint density at radius 1 is 0.981 bits per heavy atom. The van der Waals surface area contributed by atoms with Gasteiger partial charge in [-0.2, -0.15) is 0 Å². The van der Waals surface area contributed by atoms with Crippen LogP contribution in [0.1, 0.15) is 53.6 Å². The number of hydrogen-bond acceptors (Lipinski definition) is 6. The molecule has 12 heteroatoms. The Morgan fingerprint density at radius 2 is 1.76 bits per heavy atom. The number of halogens is 2. The van der Waals surface area contributed by atoms with Gasteiger partial charge in [-0.25, -0.2) is 0 Å². The van der Waals surface area contributed by atoms with Crippen LogP contribution in [0.25, 0.3) is 0 Å². The number of carbonyl (C=O) groups excluding carboxylic acids is 2. The SMILES string of the molecule is C[C@@H]1[C@@H]([Si](C)(C)F)[C@H](CCn2cc(C(CO)c3ccccc3)nn2)O[C@@]12C(=O)N(Cc1cccc(N3C(=O)CCc4ccccc43)c1)c1ccc(Br)cc12. The lowest BCUT2D eigenvalue weighted by Gasteiger charge is -2.31. The average molecular weight is 809 g/mol. The van der Waals surface area contributed by atoms with Crippen molar-refractivity contribution >= 4 is 53.2 Å². The van der Waals surface area contributed by atoms with Gasteiger partial charge in [0.1, 0.15) is 0 Å². The molecule has 8 rings (SSSR count). The monoisotopic (exact) mass is 807 g/mol. The normalized spacial score (nSPS) is 22.9. The van der Waals surface area contributed by atoms with Gasteiger partial charge in [-0.1, -0.05) is 88.7 Å². The highest BCUT2D eigenvalue weighted by molar-refractivity contribution is 9.10. The Labute approximate surface area is 324 Å². The molecular weight excluding hydrogens is 765 g/mol. The van der Waals surface area contributed by atoms with Crippen molar-refractivity contribution in [2.24, 2.45) is 5.92 Å². The fraction of sp³-hybridized carbons (Fsp3) is 0.333. The first-order valence-electron chi connectivity index (χ1n) is 18.5. The molecule has 2 amide bonds. The molecule has 1 aromatic heterocycles. The van der Waals surface area contributed by atoms with E-state index in [2.05, 4.69) is 32.3 Å². The van der Waals surface area contributed by atoms with Gasteiger partial charge in [-0.05, 0) is 79.0 Å². The molecule has 3 aliphatic rings. The molecule has 1 saturated heterocycles. The summed E-state index contributed by atoms with van der Waals surface area (Å²) in [4.78, 5) is 31.8. The number of fused-ring (bicyclic) bond motifs is 3. The topological polar surface area (TPSA) is 101 Å². The predicted octanol–water partition coefficient (Wildman–Crippen LogP) is 8.19. The molecule has 9 nitrogen and oxygen atoms in total. The van der Waals surface area contributed by atoms with Crippen molar-refractivity contribution in [2.75, 3.05) is 16.4 Å². The fourth-order valence-corrected chi connectivity index (χ4v) is 11.9. The Morgan fingerprint density at radius 3 is 2.54 bits per heavy atom. The molecule has 0 aliphatic carbocycles. The number of aliphatic hydroxyl groups is 1. The van der Waals surface area contributed by atoms with Gasteiger partial charge in [-0.15, -0.1) is 5.10 Å². The van der Waals surface area contributed by atoms with Gasteiger partial charge in [0.25, 0.3) is 5.91 Å². The third kappa shape index (κ3) is 6.32. The van der Waals surface area contributed by atoms with E-state index in [1.165, 1.54) is 0 Å². The van der Waals surface area contributed by atoms with E-state index in [-0.39, 0.29) is 30.9 Å². The molecule has 278 valence electrons. The number of amides is 2. The molecule has 4 heterocycles. The first kappa shape index (κ1) is 36.5. The average Bonchev–Trinajstić information content (AvgIpc) is 3.81. The van der Waals surface area contributed by atoms with Gasteiger partial charge in [0, 0.05) is 46.3 Å². The summed E-state index contributed by atoms with van der Waals surface area (Å²) in [7, 11) is -3.39. The molecule has 0 radical (unpaired) electrons. The van der Waals surface area contributed by atoms with Gasteiger partial charge in [-0.3, -0.25) is 19.2 Å². The minimum atomic E-state index is -3.39. The van der Waals surface area contributed by atoms with Gasteiger partial charge < -0.3 is 18.9 Å². The largest absolute Gasteiger partial charge is 0.395 e. The molecule has 54 heavy (non-hydrogen) atoms. The minimum absolute atomic E-state index is 0.0343. The van der Waals surface area contributed by atoms with Crippen molar-refractivity contribution < 1.29 is 23.5 Å². The van der Waals surface area contributed by atoms with E-state index in [0.29, 0.717) is 31.5 Å². The number of anilines is 3. The lowest BCUT2D eigenvalue weighted by molar-refractivity contribution is -0.146. The zero-order valence-corrected chi connectivity index (χ0v) is 33.1. The van der Waals surface area contributed by atoms with E-state index >= 15 is 8.90 Å². The number of nitrogens with zero attached hydrogens (tertiary/aromatic N) is 5. The number of ether oxygens (including phenoxy) is 1. The molecule has 1 fully saturated rings. The van der Waals surface area contributed by atoms with Crippen molar-refractivity contribution in [1.82, 2.24) is 15.0 Å². The summed E-state index contributed by atoms with van der Waals surface area (Å²) in [5.74, 6) is -0.941. The number of carbonyl (C=O) groups is 2. The van der Waals surface area contributed by atoms with E-state index in [1.807, 2.05) is 104 Å². The molecule has 1 unspecified atom stereocenters. The first-order valence-corrected chi connectivity index (χ1v) is 22.3. The quantitative estimate of drug-likeness (QED) is 0.113. The summed E-state index contributed by atoms with van der Waals surface area (Å²) >= 11 is 3.64. The number of benzene rings is 4. The van der Waals surface area contributed by atoms with Gasteiger partial charge in [0.05, 0.1) is 42.2 Å². The molecule has 1 spiro atoms. The van der Waals surface area contributed by atoms with E-state index in [4.69, 9.17) is 4.74 Å². The third-order valence-corrected chi connectivity index (χ3v) is 14.4.